The van der Waals surface area contributed by atoms with Gasteiger partial charge in [-0.25, -0.2) is 5.84 Å². The molecule has 1 atom stereocenters. The van der Waals surface area contributed by atoms with Crippen LogP contribution in [0, 0.1) is 5.41 Å². The molecule has 0 aliphatic rings. The molecule has 4 heteroatoms. The highest BCUT2D eigenvalue weighted by Gasteiger charge is 2.17. The van der Waals surface area contributed by atoms with Gasteiger partial charge in [0.2, 0.25) is 0 Å². The van der Waals surface area contributed by atoms with Crippen LogP contribution in [-0.2, 0) is 9.53 Å². The van der Waals surface area contributed by atoms with Gasteiger partial charge in [0.1, 0.15) is 6.10 Å². The fourth-order valence-corrected chi connectivity index (χ4v) is 0.979. The number of hydrazine groups is 1. The van der Waals surface area contributed by atoms with Gasteiger partial charge in [-0.15, -0.1) is 0 Å². The predicted molar refractivity (Wildman–Crippen MR) is 56.4 cm³/mol. The van der Waals surface area contributed by atoms with Crippen LogP contribution in [0.5, 0.6) is 0 Å². The topological polar surface area (TPSA) is 64.3 Å². The maximum atomic E-state index is 11.1. The van der Waals surface area contributed by atoms with Gasteiger partial charge >= 0.3 is 0 Å². The number of hydrogen-bond acceptors (Lipinski definition) is 3. The molecule has 4 nitrogen and oxygen atoms in total. The van der Waals surface area contributed by atoms with E-state index in [1.165, 1.54) is 0 Å². The summed E-state index contributed by atoms with van der Waals surface area (Å²) in [4.78, 5) is 11.1. The lowest BCUT2D eigenvalue weighted by Crippen LogP contribution is -2.40. The number of nitrogens with two attached hydrogens (primary N) is 1. The summed E-state index contributed by atoms with van der Waals surface area (Å²) in [6.07, 6.45) is 1.16. The third kappa shape index (κ3) is 5.94. The van der Waals surface area contributed by atoms with Gasteiger partial charge in [0.05, 0.1) is 0 Å². The van der Waals surface area contributed by atoms with Crippen molar-refractivity contribution < 1.29 is 9.53 Å². The molecule has 0 aliphatic heterocycles. The third-order valence-electron chi connectivity index (χ3n) is 1.98. The van der Waals surface area contributed by atoms with Gasteiger partial charge in [0.25, 0.3) is 5.91 Å². The Morgan fingerprint density at radius 3 is 2.43 bits per heavy atom. The maximum absolute atomic E-state index is 11.1. The van der Waals surface area contributed by atoms with E-state index in [1.54, 1.807) is 0 Å². The van der Waals surface area contributed by atoms with Crippen molar-refractivity contribution in [2.45, 2.75) is 46.6 Å². The lowest BCUT2D eigenvalue weighted by atomic mass is 9.93. The van der Waals surface area contributed by atoms with Crippen molar-refractivity contribution in [2.75, 3.05) is 6.61 Å². The number of carbonyl (C=O) groups is 1. The van der Waals surface area contributed by atoms with Crippen LogP contribution in [0.1, 0.15) is 40.5 Å². The molecule has 14 heavy (non-hydrogen) atoms. The molecule has 0 heterocycles. The lowest BCUT2D eigenvalue weighted by Gasteiger charge is -2.20. The first kappa shape index (κ1) is 13.4. The Morgan fingerprint density at radius 1 is 1.50 bits per heavy atom. The summed E-state index contributed by atoms with van der Waals surface area (Å²) in [7, 11) is 0. The molecule has 0 aromatic rings. The van der Waals surface area contributed by atoms with Gasteiger partial charge in [-0.3, -0.25) is 10.2 Å². The Kier molecular flexibility index (Phi) is 5.72. The highest BCUT2D eigenvalue weighted by molar-refractivity contribution is 5.79. The second kappa shape index (κ2) is 5.98. The summed E-state index contributed by atoms with van der Waals surface area (Å²) in [5.74, 6) is 4.78. The van der Waals surface area contributed by atoms with Crippen LogP contribution in [0.4, 0.5) is 0 Å². The van der Waals surface area contributed by atoms with Gasteiger partial charge in [0.15, 0.2) is 0 Å². The molecular formula is C10H22N2O2. The monoisotopic (exact) mass is 202 g/mol. The first-order valence-corrected chi connectivity index (χ1v) is 5.02. The number of rotatable bonds is 5. The second-order valence-electron chi connectivity index (χ2n) is 4.59. The standard InChI is InChI=1S/C10H22N2O2/c1-5-8(9(13)12-11)14-7-6-10(2,3)4/h8H,5-7,11H2,1-4H3,(H,12,13). The highest BCUT2D eigenvalue weighted by atomic mass is 16.5. The fraction of sp³-hybridized carbons (Fsp3) is 0.900. The Hall–Kier alpha value is -0.610. The fourth-order valence-electron chi connectivity index (χ4n) is 0.979. The van der Waals surface area contributed by atoms with Crippen LogP contribution in [0.3, 0.4) is 0 Å². The van der Waals surface area contributed by atoms with Crippen LogP contribution in [0.2, 0.25) is 0 Å². The summed E-state index contributed by atoms with van der Waals surface area (Å²) in [5.41, 5.74) is 2.33. The minimum atomic E-state index is -0.414. The Labute approximate surface area is 86.2 Å². The molecule has 1 unspecified atom stereocenters. The molecule has 0 radical (unpaired) electrons. The summed E-state index contributed by atoms with van der Waals surface area (Å²) in [6, 6.07) is 0. The normalized spacial score (nSPS) is 13.8. The molecule has 0 aromatic heterocycles. The first-order valence-electron chi connectivity index (χ1n) is 5.02. The van der Waals surface area contributed by atoms with Crippen LogP contribution < -0.4 is 11.3 Å². The minimum absolute atomic E-state index is 0.234. The van der Waals surface area contributed by atoms with E-state index in [2.05, 4.69) is 26.2 Å². The quantitative estimate of drug-likeness (QED) is 0.400. The summed E-state index contributed by atoms with van der Waals surface area (Å²) < 4.78 is 5.43. The summed E-state index contributed by atoms with van der Waals surface area (Å²) >= 11 is 0. The van der Waals surface area contributed by atoms with Crippen LogP contribution >= 0.6 is 0 Å². The van der Waals surface area contributed by atoms with Gasteiger partial charge in [-0.05, 0) is 18.3 Å². The van der Waals surface area contributed by atoms with Crippen molar-refractivity contribution in [2.24, 2.45) is 11.3 Å². The number of nitrogens with one attached hydrogen (secondary N) is 1. The first-order chi connectivity index (χ1) is 6.40. The highest BCUT2D eigenvalue weighted by Crippen LogP contribution is 2.18. The molecule has 0 bridgehead atoms. The number of amides is 1. The molecule has 1 amide bonds. The molecule has 0 aliphatic carbocycles. The SMILES string of the molecule is CCC(OCCC(C)(C)C)C(=O)NN. The average molecular weight is 202 g/mol. The van der Waals surface area contributed by atoms with Crippen molar-refractivity contribution in [1.29, 1.82) is 0 Å². The van der Waals surface area contributed by atoms with E-state index in [9.17, 15) is 4.79 Å². The Bertz CT molecular complexity index is 175. The lowest BCUT2D eigenvalue weighted by molar-refractivity contribution is -0.133. The average Bonchev–Trinajstić information content (AvgIpc) is 2.09. The molecule has 0 saturated heterocycles. The van der Waals surface area contributed by atoms with E-state index >= 15 is 0 Å². The third-order valence-corrected chi connectivity index (χ3v) is 1.98. The number of hydrogen-bond donors (Lipinski definition) is 2. The number of carbonyl (C=O) groups excluding carboxylic acids is 1. The van der Waals surface area contributed by atoms with Crippen LogP contribution in [-0.4, -0.2) is 18.6 Å². The molecule has 0 aromatic carbocycles. The van der Waals surface area contributed by atoms with Crippen LogP contribution in [0.15, 0.2) is 0 Å². The minimum Gasteiger partial charge on any atom is -0.368 e. The van der Waals surface area contributed by atoms with Gasteiger partial charge in [-0.1, -0.05) is 27.7 Å². The predicted octanol–water partition coefficient (Wildman–Crippen LogP) is 1.21. The molecule has 84 valence electrons. The summed E-state index contributed by atoms with van der Waals surface area (Å²) in [5, 5.41) is 0. The molecule has 0 fully saturated rings. The zero-order chi connectivity index (χ0) is 11.2. The summed E-state index contributed by atoms with van der Waals surface area (Å²) in [6.45, 7) is 8.91. The van der Waals surface area contributed by atoms with Gasteiger partial charge in [0, 0.05) is 6.61 Å². The largest absolute Gasteiger partial charge is 0.368 e. The maximum Gasteiger partial charge on any atom is 0.262 e. The van der Waals surface area contributed by atoms with Crippen molar-refractivity contribution >= 4 is 5.91 Å². The van der Waals surface area contributed by atoms with E-state index in [-0.39, 0.29) is 11.3 Å². The number of ether oxygens (including phenoxy) is 1. The molecule has 0 saturated carbocycles. The van der Waals surface area contributed by atoms with E-state index in [0.29, 0.717) is 13.0 Å². The van der Waals surface area contributed by atoms with Crippen molar-refractivity contribution in [1.82, 2.24) is 5.43 Å². The molecular weight excluding hydrogens is 180 g/mol. The molecule has 0 spiro atoms. The molecule has 3 N–H and O–H groups in total. The zero-order valence-corrected chi connectivity index (χ0v) is 9.59. The smallest absolute Gasteiger partial charge is 0.262 e. The van der Waals surface area contributed by atoms with Crippen LogP contribution in [0.25, 0.3) is 0 Å². The van der Waals surface area contributed by atoms with Gasteiger partial charge < -0.3 is 4.74 Å². The van der Waals surface area contributed by atoms with E-state index in [0.717, 1.165) is 6.42 Å². The van der Waals surface area contributed by atoms with Crippen molar-refractivity contribution in [3.05, 3.63) is 0 Å². The van der Waals surface area contributed by atoms with Crippen molar-refractivity contribution in [3.8, 4) is 0 Å². The Balaban J connectivity index is 3.80. The van der Waals surface area contributed by atoms with E-state index < -0.39 is 6.10 Å². The molecule has 0 rings (SSSR count). The van der Waals surface area contributed by atoms with E-state index in [4.69, 9.17) is 10.6 Å². The van der Waals surface area contributed by atoms with Crippen molar-refractivity contribution in [3.63, 3.8) is 0 Å². The Morgan fingerprint density at radius 2 is 2.07 bits per heavy atom. The van der Waals surface area contributed by atoms with Gasteiger partial charge in [-0.2, -0.15) is 0 Å². The second-order valence-corrected chi connectivity index (χ2v) is 4.59. The zero-order valence-electron chi connectivity index (χ0n) is 9.59. The van der Waals surface area contributed by atoms with E-state index in [1.807, 2.05) is 6.92 Å².